The Morgan fingerprint density at radius 3 is 2.88 bits per heavy atom. The maximum Gasteiger partial charge on any atom is 0.111 e. The number of imidazole rings is 1. The van der Waals surface area contributed by atoms with Crippen molar-refractivity contribution in [1.29, 1.82) is 0 Å². The largest absolute Gasteiger partial charge is 0.386 e. The zero-order chi connectivity index (χ0) is 11.4. The van der Waals surface area contributed by atoms with Crippen molar-refractivity contribution < 1.29 is 5.11 Å². The molecule has 0 radical (unpaired) electrons. The van der Waals surface area contributed by atoms with Gasteiger partial charge in [-0.25, -0.2) is 4.98 Å². The summed E-state index contributed by atoms with van der Waals surface area (Å²) in [6.45, 7) is 2.92. The van der Waals surface area contributed by atoms with Crippen molar-refractivity contribution >= 4 is 0 Å². The van der Waals surface area contributed by atoms with Crippen LogP contribution in [-0.2, 0) is 13.0 Å². The molecule has 0 aliphatic rings. The van der Waals surface area contributed by atoms with Crippen molar-refractivity contribution in [2.75, 3.05) is 0 Å². The molecular weight excluding hydrogens is 202 g/mol. The van der Waals surface area contributed by atoms with Crippen LogP contribution in [0, 0.1) is 0 Å². The van der Waals surface area contributed by atoms with E-state index in [-0.39, 0.29) is 0 Å². The number of hydrogen-bond donors (Lipinski definition) is 1. The van der Waals surface area contributed by atoms with Crippen molar-refractivity contribution in [1.82, 2.24) is 14.5 Å². The van der Waals surface area contributed by atoms with Gasteiger partial charge in [0, 0.05) is 31.6 Å². The second-order valence-electron chi connectivity index (χ2n) is 3.60. The van der Waals surface area contributed by atoms with Crippen LogP contribution in [0.2, 0.25) is 0 Å². The fourth-order valence-corrected chi connectivity index (χ4v) is 1.67. The van der Waals surface area contributed by atoms with E-state index < -0.39 is 6.10 Å². The van der Waals surface area contributed by atoms with Crippen molar-refractivity contribution in [2.24, 2.45) is 0 Å². The fraction of sp³-hybridized carbons (Fsp3) is 0.333. The van der Waals surface area contributed by atoms with Crippen molar-refractivity contribution in [3.8, 4) is 0 Å². The van der Waals surface area contributed by atoms with E-state index in [1.54, 1.807) is 12.4 Å². The third kappa shape index (κ3) is 2.28. The zero-order valence-corrected chi connectivity index (χ0v) is 9.24. The standard InChI is InChI=1S/C12H15N3O/c1-2-15-8-7-14-12(15)9-11(16)10-5-3-4-6-13-10/h3-8,11,16H,2,9H2,1H3. The summed E-state index contributed by atoms with van der Waals surface area (Å²) < 4.78 is 2.02. The van der Waals surface area contributed by atoms with Crippen LogP contribution in [0.3, 0.4) is 0 Å². The Kier molecular flexibility index (Phi) is 3.31. The summed E-state index contributed by atoms with van der Waals surface area (Å²) in [5.41, 5.74) is 0.688. The van der Waals surface area contributed by atoms with E-state index in [0.717, 1.165) is 12.4 Å². The highest BCUT2D eigenvalue weighted by atomic mass is 16.3. The summed E-state index contributed by atoms with van der Waals surface area (Å²) in [4.78, 5) is 8.36. The van der Waals surface area contributed by atoms with Gasteiger partial charge < -0.3 is 9.67 Å². The third-order valence-electron chi connectivity index (χ3n) is 2.55. The Hall–Kier alpha value is -1.68. The normalized spacial score (nSPS) is 12.6. The minimum atomic E-state index is -0.589. The molecule has 4 heteroatoms. The molecular formula is C12H15N3O. The molecule has 0 fully saturated rings. The van der Waals surface area contributed by atoms with Gasteiger partial charge in [-0.05, 0) is 19.1 Å². The second kappa shape index (κ2) is 4.90. The van der Waals surface area contributed by atoms with E-state index in [0.29, 0.717) is 12.1 Å². The topological polar surface area (TPSA) is 50.9 Å². The number of hydrogen-bond acceptors (Lipinski definition) is 3. The average molecular weight is 217 g/mol. The lowest BCUT2D eigenvalue weighted by Gasteiger charge is -2.10. The summed E-state index contributed by atoms with van der Waals surface area (Å²) >= 11 is 0. The maximum absolute atomic E-state index is 10.00. The van der Waals surface area contributed by atoms with Crippen molar-refractivity contribution in [2.45, 2.75) is 26.0 Å². The van der Waals surface area contributed by atoms with E-state index in [1.165, 1.54) is 0 Å². The Balaban J connectivity index is 2.11. The molecule has 0 saturated carbocycles. The first-order chi connectivity index (χ1) is 7.81. The van der Waals surface area contributed by atoms with E-state index in [1.807, 2.05) is 29.0 Å². The van der Waals surface area contributed by atoms with E-state index in [4.69, 9.17) is 0 Å². The van der Waals surface area contributed by atoms with Gasteiger partial charge in [0.05, 0.1) is 5.69 Å². The lowest BCUT2D eigenvalue weighted by atomic mass is 10.1. The quantitative estimate of drug-likeness (QED) is 0.845. The summed E-state index contributed by atoms with van der Waals surface area (Å²) in [7, 11) is 0. The third-order valence-corrected chi connectivity index (χ3v) is 2.55. The summed E-state index contributed by atoms with van der Waals surface area (Å²) in [6.07, 6.45) is 5.27. The number of pyridine rings is 1. The van der Waals surface area contributed by atoms with Crippen LogP contribution in [0.4, 0.5) is 0 Å². The highest BCUT2D eigenvalue weighted by molar-refractivity contribution is 5.09. The van der Waals surface area contributed by atoms with Crippen LogP contribution in [0.1, 0.15) is 24.5 Å². The minimum Gasteiger partial charge on any atom is -0.386 e. The molecule has 0 bridgehead atoms. The molecule has 0 aliphatic carbocycles. The average Bonchev–Trinajstić information content (AvgIpc) is 2.77. The molecule has 16 heavy (non-hydrogen) atoms. The molecule has 2 rings (SSSR count). The Morgan fingerprint density at radius 1 is 1.31 bits per heavy atom. The first kappa shape index (κ1) is 10.8. The van der Waals surface area contributed by atoms with Gasteiger partial charge in [-0.1, -0.05) is 6.07 Å². The Morgan fingerprint density at radius 2 is 2.19 bits per heavy atom. The first-order valence-electron chi connectivity index (χ1n) is 5.40. The molecule has 0 aliphatic heterocycles. The predicted molar refractivity (Wildman–Crippen MR) is 60.8 cm³/mol. The number of aryl methyl sites for hydroxylation is 1. The van der Waals surface area contributed by atoms with E-state index in [2.05, 4.69) is 16.9 Å². The molecule has 0 amide bonds. The maximum atomic E-state index is 10.00. The second-order valence-corrected chi connectivity index (χ2v) is 3.60. The van der Waals surface area contributed by atoms with Crippen LogP contribution >= 0.6 is 0 Å². The minimum absolute atomic E-state index is 0.498. The zero-order valence-electron chi connectivity index (χ0n) is 9.24. The highest BCUT2D eigenvalue weighted by Crippen LogP contribution is 2.14. The van der Waals surface area contributed by atoms with Gasteiger partial charge in [0.25, 0.3) is 0 Å². The van der Waals surface area contributed by atoms with Crippen molar-refractivity contribution in [3.63, 3.8) is 0 Å². The number of rotatable bonds is 4. The number of aromatic nitrogens is 3. The summed E-state index contributed by atoms with van der Waals surface area (Å²) in [6, 6.07) is 5.53. The number of nitrogens with zero attached hydrogens (tertiary/aromatic N) is 3. The molecule has 2 aromatic rings. The monoisotopic (exact) mass is 217 g/mol. The molecule has 1 unspecified atom stereocenters. The molecule has 0 aromatic carbocycles. The Labute approximate surface area is 94.6 Å². The van der Waals surface area contributed by atoms with Crippen LogP contribution in [0.15, 0.2) is 36.8 Å². The van der Waals surface area contributed by atoms with Gasteiger partial charge in [-0.3, -0.25) is 4.98 Å². The summed E-state index contributed by atoms with van der Waals surface area (Å²) in [5.74, 6) is 0.889. The molecule has 1 atom stereocenters. The van der Waals surface area contributed by atoms with Crippen molar-refractivity contribution in [3.05, 3.63) is 48.3 Å². The lowest BCUT2D eigenvalue weighted by molar-refractivity contribution is 0.170. The van der Waals surface area contributed by atoms with Crippen LogP contribution in [-0.4, -0.2) is 19.6 Å². The highest BCUT2D eigenvalue weighted by Gasteiger charge is 2.12. The molecule has 1 N–H and O–H groups in total. The lowest BCUT2D eigenvalue weighted by Crippen LogP contribution is -2.09. The van der Waals surface area contributed by atoms with Crippen LogP contribution in [0.5, 0.6) is 0 Å². The Bertz CT molecular complexity index is 439. The van der Waals surface area contributed by atoms with Gasteiger partial charge in [-0.15, -0.1) is 0 Å². The van der Waals surface area contributed by atoms with Crippen LogP contribution < -0.4 is 0 Å². The SMILES string of the molecule is CCn1ccnc1CC(O)c1ccccn1. The molecule has 4 nitrogen and oxygen atoms in total. The van der Waals surface area contributed by atoms with Gasteiger partial charge in [0.15, 0.2) is 0 Å². The predicted octanol–water partition coefficient (Wildman–Crippen LogP) is 1.57. The van der Waals surface area contributed by atoms with Gasteiger partial charge in [0.2, 0.25) is 0 Å². The number of aliphatic hydroxyl groups is 1. The molecule has 0 saturated heterocycles. The molecule has 2 aromatic heterocycles. The molecule has 84 valence electrons. The van der Waals surface area contributed by atoms with Crippen LogP contribution in [0.25, 0.3) is 0 Å². The van der Waals surface area contributed by atoms with Gasteiger partial charge in [-0.2, -0.15) is 0 Å². The number of aliphatic hydroxyl groups excluding tert-OH is 1. The fourth-order valence-electron chi connectivity index (χ4n) is 1.67. The van der Waals surface area contributed by atoms with E-state index >= 15 is 0 Å². The smallest absolute Gasteiger partial charge is 0.111 e. The van der Waals surface area contributed by atoms with E-state index in [9.17, 15) is 5.11 Å². The van der Waals surface area contributed by atoms with Gasteiger partial charge in [0.1, 0.15) is 11.9 Å². The molecule has 0 spiro atoms. The summed E-state index contributed by atoms with van der Waals surface area (Å²) in [5, 5.41) is 10.00. The molecule has 2 heterocycles. The van der Waals surface area contributed by atoms with Gasteiger partial charge >= 0.3 is 0 Å². The first-order valence-corrected chi connectivity index (χ1v) is 5.40.